The van der Waals surface area contributed by atoms with Gasteiger partial charge < -0.3 is 10.2 Å². The van der Waals surface area contributed by atoms with Crippen molar-refractivity contribution >= 4 is 23.6 Å². The second-order valence-corrected chi connectivity index (χ2v) is 10.5. The number of rotatable bonds is 8. The predicted octanol–water partition coefficient (Wildman–Crippen LogP) is 4.82. The van der Waals surface area contributed by atoms with Crippen LogP contribution in [0.15, 0.2) is 59.5 Å². The van der Waals surface area contributed by atoms with Crippen LogP contribution < -0.4 is 5.32 Å². The second-order valence-electron chi connectivity index (χ2n) is 9.50. The number of hydrogen-bond acceptors (Lipinski definition) is 4. The van der Waals surface area contributed by atoms with Gasteiger partial charge in [-0.2, -0.15) is 0 Å². The van der Waals surface area contributed by atoms with E-state index in [1.54, 1.807) is 0 Å². The summed E-state index contributed by atoms with van der Waals surface area (Å²) in [6.07, 6.45) is 7.31. The average Bonchev–Trinajstić information content (AvgIpc) is 3.13. The molecule has 0 radical (unpaired) electrons. The number of amides is 2. The lowest BCUT2D eigenvalue weighted by Crippen LogP contribution is -2.35. The number of carbonyl (C=O) groups excluding carboxylic acids is 2. The van der Waals surface area contributed by atoms with Crippen molar-refractivity contribution < 1.29 is 9.59 Å². The molecule has 2 aromatic rings. The maximum atomic E-state index is 13.4. The van der Waals surface area contributed by atoms with Crippen LogP contribution in [0.1, 0.15) is 54.4 Å². The number of nitrogens with one attached hydrogen (secondary N) is 1. The van der Waals surface area contributed by atoms with E-state index in [9.17, 15) is 9.59 Å². The lowest BCUT2D eigenvalue weighted by molar-refractivity contribution is -0.118. The average molecular weight is 480 g/mol. The van der Waals surface area contributed by atoms with Crippen LogP contribution in [0.3, 0.4) is 0 Å². The highest BCUT2D eigenvalue weighted by molar-refractivity contribution is 8.00. The molecule has 1 heterocycles. The molecule has 2 amide bonds. The van der Waals surface area contributed by atoms with E-state index in [2.05, 4.69) is 34.5 Å². The molecule has 2 aromatic carbocycles. The fourth-order valence-electron chi connectivity index (χ4n) is 4.96. The van der Waals surface area contributed by atoms with E-state index in [0.29, 0.717) is 17.2 Å². The topological polar surface area (TPSA) is 52.7 Å². The molecule has 6 heteroatoms. The van der Waals surface area contributed by atoms with E-state index in [1.165, 1.54) is 49.4 Å². The lowest BCUT2D eigenvalue weighted by atomic mass is 9.89. The van der Waals surface area contributed by atoms with Gasteiger partial charge in [0.15, 0.2) is 0 Å². The standard InChI is InChI=1S/C28H37N3O2S/c32-27(29-20-23-10-3-1-4-11-23)22-34-26-15-8-7-14-25(26)28(33)31-17-9-16-30(18-19-31)21-24-12-5-2-6-13-24/h2,5-8,12-15,23H,1,3-4,9-11,16-22H2,(H,29,32). The number of benzene rings is 2. The number of hydrogen-bond donors (Lipinski definition) is 1. The van der Waals surface area contributed by atoms with Crippen LogP contribution in [-0.2, 0) is 11.3 Å². The largest absolute Gasteiger partial charge is 0.355 e. The van der Waals surface area contributed by atoms with Crippen molar-refractivity contribution in [3.8, 4) is 0 Å². The van der Waals surface area contributed by atoms with Crippen LogP contribution in [0.4, 0.5) is 0 Å². The van der Waals surface area contributed by atoms with Crippen molar-refractivity contribution in [3.63, 3.8) is 0 Å². The van der Waals surface area contributed by atoms with Gasteiger partial charge in [0.1, 0.15) is 0 Å². The van der Waals surface area contributed by atoms with Crippen LogP contribution in [0.2, 0.25) is 0 Å². The Labute approximate surface area is 208 Å². The van der Waals surface area contributed by atoms with Gasteiger partial charge in [-0.15, -0.1) is 11.8 Å². The van der Waals surface area contributed by atoms with Gasteiger partial charge in [0.05, 0.1) is 11.3 Å². The fourth-order valence-corrected chi connectivity index (χ4v) is 5.83. The van der Waals surface area contributed by atoms with E-state index < -0.39 is 0 Å². The molecular weight excluding hydrogens is 442 g/mol. The minimum absolute atomic E-state index is 0.0594. The van der Waals surface area contributed by atoms with Gasteiger partial charge in [-0.25, -0.2) is 0 Å². The van der Waals surface area contributed by atoms with E-state index in [1.807, 2.05) is 35.2 Å². The molecular formula is C28H37N3O2S. The molecule has 1 aliphatic carbocycles. The van der Waals surface area contributed by atoms with E-state index in [4.69, 9.17) is 0 Å². The Hall–Kier alpha value is -2.31. The maximum Gasteiger partial charge on any atom is 0.255 e. The summed E-state index contributed by atoms with van der Waals surface area (Å²) in [5, 5.41) is 3.11. The first kappa shape index (κ1) is 24.8. The molecule has 0 spiro atoms. The molecule has 0 aromatic heterocycles. The molecule has 0 bridgehead atoms. The SMILES string of the molecule is O=C(CSc1ccccc1C(=O)N1CCCN(Cc2ccccc2)CC1)NCC1CCCCC1. The Morgan fingerprint density at radius 2 is 1.62 bits per heavy atom. The van der Waals surface area contributed by atoms with Crippen molar-refractivity contribution in [2.75, 3.05) is 38.5 Å². The Kier molecular flexibility index (Phi) is 9.45. The van der Waals surface area contributed by atoms with E-state index in [-0.39, 0.29) is 11.8 Å². The first-order chi connectivity index (χ1) is 16.7. The van der Waals surface area contributed by atoms with Crippen LogP contribution in [0.25, 0.3) is 0 Å². The Morgan fingerprint density at radius 3 is 2.44 bits per heavy atom. The van der Waals surface area contributed by atoms with Crippen molar-refractivity contribution in [2.45, 2.75) is 50.0 Å². The van der Waals surface area contributed by atoms with E-state index >= 15 is 0 Å². The summed E-state index contributed by atoms with van der Waals surface area (Å²) in [6.45, 7) is 5.08. The molecule has 1 N–H and O–H groups in total. The summed E-state index contributed by atoms with van der Waals surface area (Å²) in [4.78, 5) is 31.2. The third kappa shape index (κ3) is 7.34. The third-order valence-electron chi connectivity index (χ3n) is 6.91. The highest BCUT2D eigenvalue weighted by Gasteiger charge is 2.23. The van der Waals surface area contributed by atoms with E-state index in [0.717, 1.165) is 50.6 Å². The van der Waals surface area contributed by atoms with Gasteiger partial charge in [0, 0.05) is 44.2 Å². The molecule has 1 aliphatic heterocycles. The zero-order valence-corrected chi connectivity index (χ0v) is 20.9. The highest BCUT2D eigenvalue weighted by Crippen LogP contribution is 2.25. The van der Waals surface area contributed by atoms with Gasteiger partial charge in [0.2, 0.25) is 5.91 Å². The molecule has 34 heavy (non-hydrogen) atoms. The van der Waals surface area contributed by atoms with Gasteiger partial charge in [-0.05, 0) is 42.9 Å². The van der Waals surface area contributed by atoms with Gasteiger partial charge in [-0.1, -0.05) is 61.7 Å². The minimum atomic E-state index is 0.0594. The summed E-state index contributed by atoms with van der Waals surface area (Å²) in [5.74, 6) is 1.11. The van der Waals surface area contributed by atoms with Crippen LogP contribution >= 0.6 is 11.8 Å². The minimum Gasteiger partial charge on any atom is -0.355 e. The monoisotopic (exact) mass is 479 g/mol. The highest BCUT2D eigenvalue weighted by atomic mass is 32.2. The molecule has 2 aliphatic rings. The molecule has 0 unspecified atom stereocenters. The Balaban J connectivity index is 1.29. The number of thioether (sulfide) groups is 1. The first-order valence-corrected chi connectivity index (χ1v) is 13.7. The van der Waals surface area contributed by atoms with Crippen LogP contribution in [-0.4, -0.2) is 60.1 Å². The summed E-state index contributed by atoms with van der Waals surface area (Å²) in [6, 6.07) is 18.2. The Bertz CT molecular complexity index is 930. The zero-order chi connectivity index (χ0) is 23.6. The molecule has 1 saturated carbocycles. The normalized spacial score (nSPS) is 17.8. The molecule has 1 saturated heterocycles. The van der Waals surface area contributed by atoms with Gasteiger partial charge >= 0.3 is 0 Å². The third-order valence-corrected chi connectivity index (χ3v) is 7.99. The van der Waals surface area contributed by atoms with Crippen molar-refractivity contribution in [2.24, 2.45) is 5.92 Å². The summed E-state index contributed by atoms with van der Waals surface area (Å²) in [7, 11) is 0. The summed E-state index contributed by atoms with van der Waals surface area (Å²) >= 11 is 1.47. The maximum absolute atomic E-state index is 13.4. The Morgan fingerprint density at radius 1 is 0.853 bits per heavy atom. The first-order valence-electron chi connectivity index (χ1n) is 12.7. The summed E-state index contributed by atoms with van der Waals surface area (Å²) in [5.41, 5.74) is 2.02. The number of nitrogens with zero attached hydrogens (tertiary/aromatic N) is 2. The molecule has 0 atom stereocenters. The molecule has 182 valence electrons. The van der Waals surface area contributed by atoms with Crippen molar-refractivity contribution in [1.29, 1.82) is 0 Å². The van der Waals surface area contributed by atoms with Gasteiger partial charge in [0.25, 0.3) is 5.91 Å². The van der Waals surface area contributed by atoms with Gasteiger partial charge in [-0.3, -0.25) is 14.5 Å². The summed E-state index contributed by atoms with van der Waals surface area (Å²) < 4.78 is 0. The zero-order valence-electron chi connectivity index (χ0n) is 20.1. The second kappa shape index (κ2) is 13.0. The van der Waals surface area contributed by atoms with Crippen LogP contribution in [0, 0.1) is 5.92 Å². The molecule has 4 rings (SSSR count). The van der Waals surface area contributed by atoms with Crippen molar-refractivity contribution in [3.05, 3.63) is 65.7 Å². The quantitative estimate of drug-likeness (QED) is 0.552. The van der Waals surface area contributed by atoms with Crippen molar-refractivity contribution in [1.82, 2.24) is 15.1 Å². The lowest BCUT2D eigenvalue weighted by Gasteiger charge is -2.23. The number of carbonyl (C=O) groups is 2. The predicted molar refractivity (Wildman–Crippen MR) is 139 cm³/mol. The molecule has 2 fully saturated rings. The molecule has 5 nitrogen and oxygen atoms in total. The smallest absolute Gasteiger partial charge is 0.255 e. The fraction of sp³-hybridized carbons (Fsp3) is 0.500. The van der Waals surface area contributed by atoms with Crippen LogP contribution in [0.5, 0.6) is 0 Å².